The molecule has 1 aromatic heterocycles. The van der Waals surface area contributed by atoms with Crippen LogP contribution in [0.15, 0.2) is 16.9 Å². The number of halogens is 4. The highest BCUT2D eigenvalue weighted by Crippen LogP contribution is 2.28. The lowest BCUT2D eigenvalue weighted by molar-refractivity contribution is -0.0499. The van der Waals surface area contributed by atoms with Crippen molar-refractivity contribution in [2.24, 2.45) is 0 Å². The van der Waals surface area contributed by atoms with Crippen molar-refractivity contribution in [3.8, 4) is 5.75 Å². The van der Waals surface area contributed by atoms with Gasteiger partial charge in [0.25, 0.3) is 0 Å². The van der Waals surface area contributed by atoms with E-state index in [1.807, 2.05) is 19.6 Å². The zero-order valence-corrected chi connectivity index (χ0v) is 13.6. The van der Waals surface area contributed by atoms with E-state index in [0.717, 1.165) is 6.20 Å². The van der Waals surface area contributed by atoms with Gasteiger partial charge in [-0.05, 0) is 21.1 Å². The molecule has 0 N–H and O–H groups in total. The first-order valence-corrected chi connectivity index (χ1v) is 10.7. The Kier molecular flexibility index (Phi) is 4.38. The molecule has 108 valence electrons. The van der Waals surface area contributed by atoms with Crippen molar-refractivity contribution in [2.75, 3.05) is 0 Å². The average molecular weight is 378 g/mol. The Labute approximate surface area is 118 Å². The molecular weight excluding hydrogens is 367 g/mol. The molecule has 0 saturated heterocycles. The fraction of sp³-hybridized carbons (Fsp3) is 0.444. The molecule has 0 atom stereocenters. The Balaban J connectivity index is 3.36. The number of nitrogens with zero attached hydrogens (tertiary/aromatic N) is 1. The van der Waals surface area contributed by atoms with Crippen molar-refractivity contribution in [1.29, 1.82) is 0 Å². The summed E-state index contributed by atoms with van der Waals surface area (Å²) in [5, 5.41) is 0.426. The minimum atomic E-state index is -5.69. The van der Waals surface area contributed by atoms with E-state index in [0.29, 0.717) is 9.66 Å². The number of hydrogen-bond donors (Lipinski definition) is 0. The third-order valence-corrected chi connectivity index (χ3v) is 6.05. The van der Waals surface area contributed by atoms with Gasteiger partial charge in [-0.2, -0.15) is 21.6 Å². The number of alkyl halides is 3. The largest absolute Gasteiger partial charge is 0.534 e. The quantitative estimate of drug-likeness (QED) is 0.461. The molecule has 0 spiro atoms. The summed E-state index contributed by atoms with van der Waals surface area (Å²) in [5.41, 5.74) is -5.47. The lowest BCUT2D eigenvalue weighted by Crippen LogP contribution is -2.41. The summed E-state index contributed by atoms with van der Waals surface area (Å²) >= 11 is 3.16. The maximum atomic E-state index is 12.3. The van der Waals surface area contributed by atoms with Crippen LogP contribution in [-0.4, -0.2) is 27.0 Å². The van der Waals surface area contributed by atoms with Crippen molar-refractivity contribution in [3.05, 3.63) is 16.9 Å². The lowest BCUT2D eigenvalue weighted by Gasteiger charge is -2.21. The van der Waals surface area contributed by atoms with Gasteiger partial charge < -0.3 is 4.18 Å². The van der Waals surface area contributed by atoms with Gasteiger partial charge in [0.1, 0.15) is 0 Å². The molecule has 4 nitrogen and oxygen atoms in total. The number of rotatable bonds is 3. The van der Waals surface area contributed by atoms with Gasteiger partial charge in [0.2, 0.25) is 0 Å². The Morgan fingerprint density at radius 2 is 1.79 bits per heavy atom. The van der Waals surface area contributed by atoms with E-state index < -0.39 is 23.7 Å². The number of aromatic nitrogens is 1. The van der Waals surface area contributed by atoms with E-state index >= 15 is 0 Å². The zero-order chi connectivity index (χ0) is 15.1. The third kappa shape index (κ3) is 3.69. The van der Waals surface area contributed by atoms with Crippen LogP contribution in [-0.2, 0) is 10.1 Å². The topological polar surface area (TPSA) is 56.3 Å². The SMILES string of the molecule is C[Si](C)(C)c1c(Br)cncc1OS(=O)(=O)C(F)(F)F. The minimum Gasteiger partial charge on any atom is -0.374 e. The predicted molar refractivity (Wildman–Crippen MR) is 70.5 cm³/mol. The van der Waals surface area contributed by atoms with Gasteiger partial charge in [-0.3, -0.25) is 4.98 Å². The molecule has 0 unspecified atom stereocenters. The molecule has 0 radical (unpaired) electrons. The van der Waals surface area contributed by atoms with Crippen LogP contribution in [0.2, 0.25) is 19.6 Å². The highest BCUT2D eigenvalue weighted by atomic mass is 79.9. The molecule has 0 fully saturated rings. The monoisotopic (exact) mass is 377 g/mol. The highest BCUT2D eigenvalue weighted by Gasteiger charge is 2.49. The van der Waals surface area contributed by atoms with Crippen LogP contribution in [0.25, 0.3) is 0 Å². The normalized spacial score (nSPS) is 13.4. The van der Waals surface area contributed by atoms with E-state index in [2.05, 4.69) is 25.1 Å². The van der Waals surface area contributed by atoms with Gasteiger partial charge in [-0.25, -0.2) is 0 Å². The molecule has 1 aromatic rings. The van der Waals surface area contributed by atoms with Crippen LogP contribution in [0.3, 0.4) is 0 Å². The third-order valence-electron chi connectivity index (χ3n) is 2.10. The van der Waals surface area contributed by atoms with Crippen molar-refractivity contribution >= 4 is 39.3 Å². The van der Waals surface area contributed by atoms with E-state index in [1.54, 1.807) is 0 Å². The molecule has 10 heteroatoms. The maximum Gasteiger partial charge on any atom is 0.534 e. The van der Waals surface area contributed by atoms with Crippen molar-refractivity contribution < 1.29 is 25.8 Å². The van der Waals surface area contributed by atoms with Crippen molar-refractivity contribution in [3.63, 3.8) is 0 Å². The Morgan fingerprint density at radius 1 is 1.26 bits per heavy atom. The Bertz CT molecular complexity index is 583. The molecule has 1 rings (SSSR count). The standard InChI is InChI=1S/C9H11BrF3NO3SSi/c1-19(2,3)8-6(10)4-14-5-7(8)17-18(15,16)9(11,12)13/h4-5H,1-3H3. The fourth-order valence-electron chi connectivity index (χ4n) is 1.37. The molecule has 0 aromatic carbocycles. The first-order valence-electron chi connectivity index (χ1n) is 5.01. The van der Waals surface area contributed by atoms with Gasteiger partial charge in [0, 0.05) is 10.7 Å². The average Bonchev–Trinajstić information content (AvgIpc) is 2.12. The number of hydrogen-bond acceptors (Lipinski definition) is 4. The smallest absolute Gasteiger partial charge is 0.374 e. The summed E-state index contributed by atoms with van der Waals surface area (Å²) < 4.78 is 63.6. The molecule has 0 bridgehead atoms. The lowest BCUT2D eigenvalue weighted by atomic mass is 10.5. The molecule has 0 aliphatic carbocycles. The Morgan fingerprint density at radius 3 is 2.21 bits per heavy atom. The molecule has 0 amide bonds. The molecule has 19 heavy (non-hydrogen) atoms. The van der Waals surface area contributed by atoms with Crippen LogP contribution in [0.5, 0.6) is 5.75 Å². The second-order valence-corrected chi connectivity index (χ2v) is 12.1. The van der Waals surface area contributed by atoms with Crippen LogP contribution < -0.4 is 9.37 Å². The fourth-order valence-corrected chi connectivity index (χ4v) is 5.64. The molecule has 1 heterocycles. The van der Waals surface area contributed by atoms with Gasteiger partial charge in [-0.1, -0.05) is 19.6 Å². The van der Waals surface area contributed by atoms with E-state index in [1.165, 1.54) is 6.20 Å². The molecule has 0 aliphatic heterocycles. The highest BCUT2D eigenvalue weighted by molar-refractivity contribution is 9.10. The zero-order valence-electron chi connectivity index (χ0n) is 10.2. The van der Waals surface area contributed by atoms with E-state index in [9.17, 15) is 21.6 Å². The van der Waals surface area contributed by atoms with Crippen molar-refractivity contribution in [2.45, 2.75) is 25.1 Å². The minimum absolute atomic E-state index is 0.383. The van der Waals surface area contributed by atoms with Gasteiger partial charge in [0.05, 0.1) is 14.3 Å². The summed E-state index contributed by atoms with van der Waals surface area (Å²) in [5.74, 6) is -0.383. The van der Waals surface area contributed by atoms with Crippen LogP contribution in [0.1, 0.15) is 0 Å². The molecule has 0 saturated carbocycles. The van der Waals surface area contributed by atoms with Gasteiger partial charge >= 0.3 is 15.6 Å². The summed E-state index contributed by atoms with van der Waals surface area (Å²) in [4.78, 5) is 3.64. The van der Waals surface area contributed by atoms with Crippen LogP contribution >= 0.6 is 15.9 Å². The molecule has 0 aliphatic rings. The predicted octanol–water partition coefficient (Wildman–Crippen LogP) is 2.62. The second kappa shape index (κ2) is 5.06. The summed E-state index contributed by atoms with van der Waals surface area (Å²) in [6.45, 7) is 5.54. The van der Waals surface area contributed by atoms with Crippen molar-refractivity contribution in [1.82, 2.24) is 4.98 Å². The van der Waals surface area contributed by atoms with E-state index in [4.69, 9.17) is 0 Å². The van der Waals surface area contributed by atoms with Gasteiger partial charge in [-0.15, -0.1) is 0 Å². The molecular formula is C9H11BrF3NO3SSi. The first-order chi connectivity index (χ1) is 8.36. The van der Waals surface area contributed by atoms with Gasteiger partial charge in [0.15, 0.2) is 5.75 Å². The second-order valence-electron chi connectivity index (χ2n) is 4.73. The maximum absolute atomic E-state index is 12.3. The number of pyridine rings is 1. The first kappa shape index (κ1) is 16.4. The van der Waals surface area contributed by atoms with Crippen LogP contribution in [0.4, 0.5) is 13.2 Å². The van der Waals surface area contributed by atoms with Crippen LogP contribution in [0, 0.1) is 0 Å². The Hall–Kier alpha value is -0.613. The summed E-state index contributed by atoms with van der Waals surface area (Å²) in [7, 11) is -7.81. The summed E-state index contributed by atoms with van der Waals surface area (Å²) in [6.07, 6.45) is 2.36. The summed E-state index contributed by atoms with van der Waals surface area (Å²) in [6, 6.07) is 0. The van der Waals surface area contributed by atoms with E-state index in [-0.39, 0.29) is 5.75 Å².